The maximum atomic E-state index is 11.6. The molecular formula is C10H12O4. The molecule has 0 saturated heterocycles. The smallest absolute Gasteiger partial charge is 0.341 e. The average molecular weight is 196 g/mol. The first kappa shape index (κ1) is 9.24. The van der Waals surface area contributed by atoms with Crippen molar-refractivity contribution in [3.63, 3.8) is 0 Å². The summed E-state index contributed by atoms with van der Waals surface area (Å²) in [5.74, 6) is -0.991. The van der Waals surface area contributed by atoms with E-state index in [1.165, 1.54) is 0 Å². The van der Waals surface area contributed by atoms with Gasteiger partial charge in [-0.1, -0.05) is 12.2 Å². The van der Waals surface area contributed by atoms with Crippen molar-refractivity contribution in [2.75, 3.05) is 6.61 Å². The van der Waals surface area contributed by atoms with Crippen molar-refractivity contribution in [2.24, 2.45) is 11.3 Å². The Bertz CT molecular complexity index is 307. The number of allylic oxidation sites excluding steroid dienone is 1. The lowest BCUT2D eigenvalue weighted by molar-refractivity contribution is -0.160. The zero-order chi connectivity index (χ0) is 10.2. The Balaban J connectivity index is 1.98. The Morgan fingerprint density at radius 2 is 2.36 bits per heavy atom. The van der Waals surface area contributed by atoms with Crippen LogP contribution < -0.4 is 0 Å². The van der Waals surface area contributed by atoms with Gasteiger partial charge in [-0.05, 0) is 25.2 Å². The molecule has 2 atom stereocenters. The van der Waals surface area contributed by atoms with Gasteiger partial charge >= 0.3 is 11.9 Å². The minimum absolute atomic E-state index is 0.379. The molecule has 14 heavy (non-hydrogen) atoms. The molecule has 76 valence electrons. The molecule has 4 nitrogen and oxygen atoms in total. The number of rotatable bonds is 3. The summed E-state index contributed by atoms with van der Waals surface area (Å²) in [7, 11) is 0. The fraction of sp³-hybridized carbons (Fsp3) is 0.600. The lowest BCUT2D eigenvalue weighted by Crippen LogP contribution is -2.28. The van der Waals surface area contributed by atoms with Gasteiger partial charge in [-0.15, -0.1) is 0 Å². The third kappa shape index (κ3) is 1.41. The van der Waals surface area contributed by atoms with Gasteiger partial charge in [0.05, 0.1) is 5.41 Å². The topological polar surface area (TPSA) is 63.6 Å². The largest absolute Gasteiger partial charge is 0.479 e. The van der Waals surface area contributed by atoms with Gasteiger partial charge in [0.25, 0.3) is 0 Å². The Hall–Kier alpha value is -1.32. The Morgan fingerprint density at radius 3 is 2.79 bits per heavy atom. The first-order valence-corrected chi connectivity index (χ1v) is 4.71. The third-order valence-electron chi connectivity index (χ3n) is 3.01. The number of fused-ring (bicyclic) bond motifs is 2. The number of esters is 1. The van der Waals surface area contributed by atoms with Crippen LogP contribution in [0, 0.1) is 11.3 Å². The predicted molar refractivity (Wildman–Crippen MR) is 47.5 cm³/mol. The Kier molecular flexibility index (Phi) is 2.06. The maximum absolute atomic E-state index is 11.6. The van der Waals surface area contributed by atoms with Crippen molar-refractivity contribution >= 4 is 11.9 Å². The van der Waals surface area contributed by atoms with Gasteiger partial charge in [0.15, 0.2) is 6.61 Å². The van der Waals surface area contributed by atoms with Crippen LogP contribution in [0.1, 0.15) is 19.3 Å². The standard InChI is InChI=1S/C10H12O4/c11-8(12)6-14-9(13)10-3-1-7(5-10)2-4-10/h1,3,7H,2,4-6H2,(H,11,12). The van der Waals surface area contributed by atoms with Gasteiger partial charge in [0.1, 0.15) is 0 Å². The van der Waals surface area contributed by atoms with Crippen LogP contribution in [0.2, 0.25) is 0 Å². The highest BCUT2D eigenvalue weighted by Gasteiger charge is 2.47. The average Bonchev–Trinajstić information content (AvgIpc) is 2.74. The molecule has 0 heterocycles. The molecule has 0 aromatic heterocycles. The molecule has 2 aliphatic rings. The van der Waals surface area contributed by atoms with Crippen LogP contribution in [0.4, 0.5) is 0 Å². The number of ether oxygens (including phenoxy) is 1. The summed E-state index contributed by atoms with van der Waals surface area (Å²) in [5.41, 5.74) is -0.500. The van der Waals surface area contributed by atoms with Gasteiger partial charge in [-0.3, -0.25) is 4.79 Å². The number of carbonyl (C=O) groups excluding carboxylic acids is 1. The zero-order valence-corrected chi connectivity index (χ0v) is 7.73. The van der Waals surface area contributed by atoms with Crippen LogP contribution in [0.5, 0.6) is 0 Å². The lowest BCUT2D eigenvalue weighted by Gasteiger charge is -2.20. The molecule has 2 bridgehead atoms. The molecule has 0 aromatic carbocycles. The summed E-state index contributed by atoms with van der Waals surface area (Å²) in [6.45, 7) is -0.529. The van der Waals surface area contributed by atoms with Crippen LogP contribution >= 0.6 is 0 Å². The van der Waals surface area contributed by atoms with Crippen molar-refractivity contribution < 1.29 is 19.4 Å². The first-order valence-electron chi connectivity index (χ1n) is 4.71. The van der Waals surface area contributed by atoms with Crippen LogP contribution in [-0.4, -0.2) is 23.7 Å². The van der Waals surface area contributed by atoms with E-state index in [0.29, 0.717) is 5.92 Å². The van der Waals surface area contributed by atoms with Crippen LogP contribution in [-0.2, 0) is 14.3 Å². The van der Waals surface area contributed by atoms with E-state index < -0.39 is 18.0 Å². The number of hydrogen-bond donors (Lipinski definition) is 1. The highest BCUT2D eigenvalue weighted by Crippen LogP contribution is 2.49. The Morgan fingerprint density at radius 1 is 1.57 bits per heavy atom. The summed E-state index contributed by atoms with van der Waals surface area (Å²) >= 11 is 0. The number of carboxylic acid groups (broad SMARTS) is 1. The second-order valence-electron chi connectivity index (χ2n) is 3.99. The molecule has 1 saturated carbocycles. The number of carbonyl (C=O) groups is 2. The van der Waals surface area contributed by atoms with E-state index in [2.05, 4.69) is 0 Å². The van der Waals surface area contributed by atoms with Gasteiger partial charge in [-0.2, -0.15) is 0 Å². The monoisotopic (exact) mass is 196 g/mol. The summed E-state index contributed by atoms with van der Waals surface area (Å²) in [5, 5.41) is 8.38. The molecule has 2 unspecified atom stereocenters. The second-order valence-corrected chi connectivity index (χ2v) is 3.99. The minimum atomic E-state index is -1.11. The summed E-state index contributed by atoms with van der Waals surface area (Å²) in [6.07, 6.45) is 6.52. The van der Waals surface area contributed by atoms with Crippen LogP contribution in [0.15, 0.2) is 12.2 Å². The highest BCUT2D eigenvalue weighted by atomic mass is 16.6. The lowest BCUT2D eigenvalue weighted by atomic mass is 9.88. The van der Waals surface area contributed by atoms with Crippen molar-refractivity contribution in [1.82, 2.24) is 0 Å². The van der Waals surface area contributed by atoms with Gasteiger partial charge in [0, 0.05) is 0 Å². The molecule has 2 aliphatic carbocycles. The first-order chi connectivity index (χ1) is 6.62. The maximum Gasteiger partial charge on any atom is 0.341 e. The minimum Gasteiger partial charge on any atom is -0.479 e. The normalized spacial score (nSPS) is 33.3. The Labute approximate surface area is 81.6 Å². The van der Waals surface area contributed by atoms with E-state index in [1.807, 2.05) is 12.2 Å². The molecule has 4 heteroatoms. The van der Waals surface area contributed by atoms with Crippen LogP contribution in [0.3, 0.4) is 0 Å². The predicted octanol–water partition coefficient (Wildman–Crippen LogP) is 0.970. The van der Waals surface area contributed by atoms with Crippen molar-refractivity contribution in [3.8, 4) is 0 Å². The molecule has 1 fully saturated rings. The molecule has 0 aromatic rings. The molecule has 0 spiro atoms. The molecular weight excluding hydrogens is 184 g/mol. The number of carboxylic acids is 1. The quantitative estimate of drug-likeness (QED) is 0.539. The van der Waals surface area contributed by atoms with E-state index in [9.17, 15) is 9.59 Å². The van der Waals surface area contributed by atoms with Crippen molar-refractivity contribution in [3.05, 3.63) is 12.2 Å². The van der Waals surface area contributed by atoms with Gasteiger partial charge in [0.2, 0.25) is 0 Å². The van der Waals surface area contributed by atoms with E-state index in [0.717, 1.165) is 19.3 Å². The summed E-state index contributed by atoms with van der Waals surface area (Å²) in [6, 6.07) is 0. The third-order valence-corrected chi connectivity index (χ3v) is 3.01. The van der Waals surface area contributed by atoms with E-state index in [4.69, 9.17) is 9.84 Å². The van der Waals surface area contributed by atoms with Crippen LogP contribution in [0.25, 0.3) is 0 Å². The molecule has 2 rings (SSSR count). The summed E-state index contributed by atoms with van der Waals surface area (Å²) in [4.78, 5) is 21.8. The SMILES string of the molecule is O=C(O)COC(=O)C12C=CC(CC1)C2. The number of aliphatic carboxylic acids is 1. The zero-order valence-electron chi connectivity index (χ0n) is 7.73. The van der Waals surface area contributed by atoms with Crippen molar-refractivity contribution in [1.29, 1.82) is 0 Å². The van der Waals surface area contributed by atoms with E-state index in [-0.39, 0.29) is 5.97 Å². The second kappa shape index (κ2) is 3.12. The number of hydrogen-bond acceptors (Lipinski definition) is 3. The van der Waals surface area contributed by atoms with Gasteiger partial charge < -0.3 is 9.84 Å². The molecule has 0 radical (unpaired) electrons. The molecule has 1 N–H and O–H groups in total. The van der Waals surface area contributed by atoms with Crippen molar-refractivity contribution in [2.45, 2.75) is 19.3 Å². The van der Waals surface area contributed by atoms with Gasteiger partial charge in [-0.25, -0.2) is 4.79 Å². The van der Waals surface area contributed by atoms with E-state index in [1.54, 1.807) is 0 Å². The fourth-order valence-electron chi connectivity index (χ4n) is 2.28. The highest BCUT2D eigenvalue weighted by molar-refractivity contribution is 5.82. The summed E-state index contributed by atoms with van der Waals surface area (Å²) < 4.78 is 4.72. The van der Waals surface area contributed by atoms with E-state index >= 15 is 0 Å². The fourth-order valence-corrected chi connectivity index (χ4v) is 2.28. The molecule has 0 amide bonds. The molecule has 0 aliphatic heterocycles.